The molecule has 1 aliphatic heterocycles. The fourth-order valence-electron chi connectivity index (χ4n) is 5.89. The van der Waals surface area contributed by atoms with Crippen molar-refractivity contribution in [2.45, 2.75) is 64.0 Å². The van der Waals surface area contributed by atoms with E-state index in [4.69, 9.17) is 25.8 Å². The largest absolute Gasteiger partial charge is 0.497 e. The van der Waals surface area contributed by atoms with E-state index in [1.54, 1.807) is 33.2 Å². The predicted octanol–water partition coefficient (Wildman–Crippen LogP) is 4.99. The minimum atomic E-state index is -0.719. The first-order valence-corrected chi connectivity index (χ1v) is 15.9. The number of unbranched alkanes of at least 4 members (excludes halogenated alkanes) is 1. The van der Waals surface area contributed by atoms with Crippen LogP contribution in [-0.2, 0) is 41.4 Å². The summed E-state index contributed by atoms with van der Waals surface area (Å²) in [5.41, 5.74) is 3.04. The van der Waals surface area contributed by atoms with Crippen molar-refractivity contribution in [3.05, 3.63) is 93.6 Å². The third-order valence-corrected chi connectivity index (χ3v) is 8.76. The number of carbonyl (C=O) groups excluding carboxylic acids is 3. The normalized spacial score (nSPS) is 20.2. The summed E-state index contributed by atoms with van der Waals surface area (Å²) in [5.74, 6) is 1.32. The number of halogens is 1. The molecule has 1 N–H and O–H groups in total. The summed E-state index contributed by atoms with van der Waals surface area (Å²) in [4.78, 5) is 43.5. The zero-order chi connectivity index (χ0) is 32.5. The second-order valence-corrected chi connectivity index (χ2v) is 11.9. The molecule has 2 aromatic rings. The Labute approximate surface area is 271 Å². The lowest BCUT2D eigenvalue weighted by atomic mass is 9.89. The van der Waals surface area contributed by atoms with Crippen LogP contribution in [-0.4, -0.2) is 80.6 Å². The number of allylic oxidation sites excluding steroid dienone is 2. The van der Waals surface area contributed by atoms with Gasteiger partial charge in [-0.05, 0) is 54.7 Å². The van der Waals surface area contributed by atoms with Crippen molar-refractivity contribution >= 4 is 29.3 Å². The van der Waals surface area contributed by atoms with E-state index in [1.807, 2.05) is 54.6 Å². The van der Waals surface area contributed by atoms with Gasteiger partial charge in [0.1, 0.15) is 24.4 Å². The average Bonchev–Trinajstić information content (AvgIpc) is 3.05. The van der Waals surface area contributed by atoms with Gasteiger partial charge in [-0.3, -0.25) is 14.4 Å². The Morgan fingerprint density at radius 2 is 1.62 bits per heavy atom. The molecular formula is C35H44ClN3O6. The van der Waals surface area contributed by atoms with E-state index in [-0.39, 0.29) is 30.2 Å². The highest BCUT2D eigenvalue weighted by atomic mass is 35.5. The molecule has 1 aliphatic carbocycles. The minimum Gasteiger partial charge on any atom is -0.497 e. The Balaban J connectivity index is 1.46. The highest BCUT2D eigenvalue weighted by Crippen LogP contribution is 2.36. The van der Waals surface area contributed by atoms with Crippen LogP contribution in [0.15, 0.2) is 71.9 Å². The topological polar surface area (TPSA) is 97.4 Å². The molecule has 2 aliphatic rings. The van der Waals surface area contributed by atoms with Crippen LogP contribution in [0.2, 0.25) is 5.02 Å². The van der Waals surface area contributed by atoms with Gasteiger partial charge in [-0.25, -0.2) is 0 Å². The summed E-state index contributed by atoms with van der Waals surface area (Å²) < 4.78 is 16.6. The van der Waals surface area contributed by atoms with Gasteiger partial charge in [0, 0.05) is 36.9 Å². The second kappa shape index (κ2) is 15.8. The van der Waals surface area contributed by atoms with Crippen molar-refractivity contribution in [3.8, 4) is 0 Å². The van der Waals surface area contributed by atoms with E-state index >= 15 is 0 Å². The first-order chi connectivity index (χ1) is 21.7. The maximum absolute atomic E-state index is 13.9. The van der Waals surface area contributed by atoms with E-state index < -0.39 is 12.1 Å². The highest BCUT2D eigenvalue weighted by molar-refractivity contribution is 6.30. The summed E-state index contributed by atoms with van der Waals surface area (Å²) in [6.45, 7) is 4.51. The molecule has 3 atom stereocenters. The van der Waals surface area contributed by atoms with E-state index in [0.717, 1.165) is 29.5 Å². The smallest absolute Gasteiger partial charge is 0.246 e. The molecule has 4 rings (SSSR count). The summed E-state index contributed by atoms with van der Waals surface area (Å²) in [7, 11) is 4.81. The minimum absolute atomic E-state index is 0.0244. The van der Waals surface area contributed by atoms with Crippen molar-refractivity contribution in [3.63, 3.8) is 0 Å². The number of nitrogens with zero attached hydrogens (tertiary/aromatic N) is 2. The zero-order valence-corrected chi connectivity index (χ0v) is 27.6. The maximum atomic E-state index is 13.9. The van der Waals surface area contributed by atoms with Crippen LogP contribution < -0.4 is 5.32 Å². The first-order valence-electron chi connectivity index (χ1n) is 15.5. The Hall–Kier alpha value is -3.98. The Morgan fingerprint density at radius 3 is 2.24 bits per heavy atom. The summed E-state index contributed by atoms with van der Waals surface area (Å²) in [6, 6.07) is 14.1. The number of nitrogens with one attached hydrogen (secondary N) is 1. The van der Waals surface area contributed by atoms with Gasteiger partial charge < -0.3 is 29.3 Å². The number of hydrogen-bond acceptors (Lipinski definition) is 6. The molecular weight excluding hydrogens is 594 g/mol. The number of hydrogen-bond donors (Lipinski definition) is 1. The molecule has 3 amide bonds. The molecule has 45 heavy (non-hydrogen) atoms. The summed E-state index contributed by atoms with van der Waals surface area (Å²) in [6.07, 6.45) is 5.33. The van der Waals surface area contributed by atoms with Crippen LogP contribution in [0, 0.1) is 0 Å². The number of piperazine rings is 1. The standard InChI is InChI=1S/C35H44ClN3O6/c1-6-7-18-38-29(19-25-8-12-26(13-9-25)27-20-30(43-3)33(45-5)31(21-27)44-4)35(42)39(23(2)34(38)41)22-32(40)37-17-16-24-10-14-28(36)15-11-24/h8-15,20,23,27,29H,6-7,16-19,21-22H2,1-5H3,(H,37,40)/t23-,27?,29-/m1/s1. The van der Waals surface area contributed by atoms with Gasteiger partial charge in [-0.2, -0.15) is 0 Å². The summed E-state index contributed by atoms with van der Waals surface area (Å²) in [5, 5.41) is 3.55. The van der Waals surface area contributed by atoms with Crippen molar-refractivity contribution < 1.29 is 28.6 Å². The number of ether oxygens (including phenoxy) is 3. The van der Waals surface area contributed by atoms with Gasteiger partial charge >= 0.3 is 0 Å². The monoisotopic (exact) mass is 637 g/mol. The molecule has 1 heterocycles. The Morgan fingerprint density at radius 1 is 0.933 bits per heavy atom. The summed E-state index contributed by atoms with van der Waals surface area (Å²) >= 11 is 5.96. The van der Waals surface area contributed by atoms with Crippen LogP contribution in [0.1, 0.15) is 55.7 Å². The average molecular weight is 638 g/mol. The van der Waals surface area contributed by atoms with Crippen molar-refractivity contribution in [2.75, 3.05) is 41.0 Å². The van der Waals surface area contributed by atoms with Crippen molar-refractivity contribution in [1.29, 1.82) is 0 Å². The van der Waals surface area contributed by atoms with E-state index in [9.17, 15) is 14.4 Å². The van der Waals surface area contributed by atoms with Crippen molar-refractivity contribution in [2.24, 2.45) is 0 Å². The van der Waals surface area contributed by atoms with Gasteiger partial charge in [0.25, 0.3) is 0 Å². The maximum Gasteiger partial charge on any atom is 0.246 e. The molecule has 1 fully saturated rings. The molecule has 9 nitrogen and oxygen atoms in total. The molecule has 0 aromatic heterocycles. The van der Waals surface area contributed by atoms with Crippen LogP contribution in [0.5, 0.6) is 0 Å². The zero-order valence-electron chi connectivity index (χ0n) is 26.8. The van der Waals surface area contributed by atoms with E-state index in [1.165, 1.54) is 4.90 Å². The lowest BCUT2D eigenvalue weighted by Gasteiger charge is -2.44. The number of amides is 3. The predicted molar refractivity (Wildman–Crippen MR) is 173 cm³/mol. The molecule has 0 bridgehead atoms. The van der Waals surface area contributed by atoms with Gasteiger partial charge in [0.2, 0.25) is 17.7 Å². The van der Waals surface area contributed by atoms with Gasteiger partial charge in [0.15, 0.2) is 11.5 Å². The lowest BCUT2D eigenvalue weighted by molar-refractivity contribution is -0.162. The SMILES string of the molecule is CCCCN1C(=O)[C@@H](C)N(CC(=O)NCCc2ccc(Cl)cc2)C(=O)[C@H]1Cc1ccc(C2C=C(OC)C(OC)=C(OC)C2)cc1. The molecule has 10 heteroatoms. The molecule has 1 unspecified atom stereocenters. The Kier molecular flexibility index (Phi) is 11.9. The Bertz CT molecular complexity index is 1410. The highest BCUT2D eigenvalue weighted by Gasteiger charge is 2.44. The van der Waals surface area contributed by atoms with Crippen molar-refractivity contribution in [1.82, 2.24) is 15.1 Å². The fraction of sp³-hybridized carbons (Fsp3) is 0.457. The van der Waals surface area contributed by atoms with Gasteiger partial charge in [-0.1, -0.05) is 61.3 Å². The number of benzene rings is 2. The van der Waals surface area contributed by atoms with Gasteiger partial charge in [0.05, 0.1) is 21.3 Å². The van der Waals surface area contributed by atoms with E-state index in [2.05, 4.69) is 12.2 Å². The molecule has 0 radical (unpaired) electrons. The van der Waals surface area contributed by atoms with Crippen LogP contribution in [0.3, 0.4) is 0 Å². The molecule has 2 aromatic carbocycles. The first kappa shape index (κ1) is 33.9. The third-order valence-electron chi connectivity index (χ3n) is 8.51. The van der Waals surface area contributed by atoms with Crippen LogP contribution >= 0.6 is 11.6 Å². The fourth-order valence-corrected chi connectivity index (χ4v) is 6.02. The number of methoxy groups -OCH3 is 3. The third kappa shape index (κ3) is 8.19. The molecule has 242 valence electrons. The van der Waals surface area contributed by atoms with E-state index in [0.29, 0.717) is 54.7 Å². The molecule has 0 saturated carbocycles. The second-order valence-electron chi connectivity index (χ2n) is 11.4. The lowest BCUT2D eigenvalue weighted by Crippen LogP contribution is -2.65. The molecule has 1 saturated heterocycles. The number of rotatable bonds is 14. The molecule has 0 spiro atoms. The van der Waals surface area contributed by atoms with Crippen LogP contribution in [0.25, 0.3) is 0 Å². The van der Waals surface area contributed by atoms with Gasteiger partial charge in [-0.15, -0.1) is 0 Å². The van der Waals surface area contributed by atoms with Crippen LogP contribution in [0.4, 0.5) is 0 Å². The number of carbonyl (C=O) groups is 3. The quantitative estimate of drug-likeness (QED) is 0.314.